The van der Waals surface area contributed by atoms with Gasteiger partial charge in [0.25, 0.3) is 5.56 Å². The van der Waals surface area contributed by atoms with Crippen LogP contribution in [0.3, 0.4) is 0 Å². The Hall–Kier alpha value is -3.81. The van der Waals surface area contributed by atoms with E-state index in [2.05, 4.69) is 29.6 Å². The Morgan fingerprint density at radius 2 is 1.50 bits per heavy atom. The van der Waals surface area contributed by atoms with Crippen molar-refractivity contribution in [2.24, 2.45) is 0 Å². The number of rotatable bonds is 0. The van der Waals surface area contributed by atoms with Crippen molar-refractivity contribution in [1.82, 2.24) is 19.9 Å². The van der Waals surface area contributed by atoms with Gasteiger partial charge in [0.2, 0.25) is 0 Å². The fraction of sp³-hybridized carbons (Fsp3) is 0. The van der Waals surface area contributed by atoms with Crippen LogP contribution in [0.4, 0.5) is 11.4 Å². The molecule has 0 fully saturated rings. The molecular weight excluding hydrogens is 352 g/mol. The fourth-order valence-electron chi connectivity index (χ4n) is 2.21. The first kappa shape index (κ1) is 17.0. The highest BCUT2D eigenvalue weighted by molar-refractivity contribution is 6.34. The Bertz CT molecular complexity index is 1250. The predicted molar refractivity (Wildman–Crippen MR) is 99.4 cm³/mol. The Labute approximate surface area is 152 Å². The third kappa shape index (κ3) is 3.48. The summed E-state index contributed by atoms with van der Waals surface area (Å²) in [6.07, 6.45) is 2.75. The van der Waals surface area contributed by atoms with E-state index in [-0.39, 0.29) is 5.56 Å². The summed E-state index contributed by atoms with van der Waals surface area (Å²) >= 11 is 5.83. The highest BCUT2D eigenvalue weighted by Crippen LogP contribution is 2.24. The van der Waals surface area contributed by atoms with Gasteiger partial charge >= 0.3 is 0 Å². The highest BCUT2D eigenvalue weighted by atomic mass is 35.5. The lowest BCUT2D eigenvalue weighted by molar-refractivity contribution is 1.17. The summed E-state index contributed by atoms with van der Waals surface area (Å²) in [6, 6.07) is 9.99. The average molecular weight is 361 g/mol. The summed E-state index contributed by atoms with van der Waals surface area (Å²) in [5, 5.41) is 1.56. The second kappa shape index (κ2) is 7.39. The van der Waals surface area contributed by atoms with Gasteiger partial charge in [-0.1, -0.05) is 23.7 Å². The Morgan fingerprint density at radius 1 is 0.885 bits per heavy atom. The van der Waals surface area contributed by atoms with Crippen LogP contribution < -0.4 is 5.56 Å². The van der Waals surface area contributed by atoms with Crippen LogP contribution in [0.5, 0.6) is 0 Å². The van der Waals surface area contributed by atoms with Crippen LogP contribution in [-0.2, 0) is 0 Å². The Morgan fingerprint density at radius 3 is 2.15 bits per heavy atom. The van der Waals surface area contributed by atoms with E-state index in [9.17, 15) is 4.79 Å². The van der Waals surface area contributed by atoms with Crippen molar-refractivity contribution in [2.75, 3.05) is 0 Å². The lowest BCUT2D eigenvalue weighted by atomic mass is 10.2. The van der Waals surface area contributed by atoms with Crippen molar-refractivity contribution in [3.05, 3.63) is 87.4 Å². The van der Waals surface area contributed by atoms with E-state index in [1.807, 2.05) is 0 Å². The maximum atomic E-state index is 11.2. The van der Waals surface area contributed by atoms with Crippen LogP contribution in [0.15, 0.2) is 53.8 Å². The van der Waals surface area contributed by atoms with E-state index in [4.69, 9.17) is 24.7 Å². The highest BCUT2D eigenvalue weighted by Gasteiger charge is 2.01. The first-order valence-corrected chi connectivity index (χ1v) is 7.63. The number of halogens is 1. The van der Waals surface area contributed by atoms with Gasteiger partial charge in [-0.3, -0.25) is 4.79 Å². The Kier molecular flexibility index (Phi) is 4.84. The van der Waals surface area contributed by atoms with Gasteiger partial charge in [-0.15, -0.1) is 0 Å². The molecule has 2 aromatic heterocycles. The molecule has 8 heteroatoms. The lowest BCUT2D eigenvalue weighted by Crippen LogP contribution is -2.05. The molecule has 0 saturated carbocycles. The van der Waals surface area contributed by atoms with Crippen LogP contribution >= 0.6 is 11.6 Å². The number of nitrogens with one attached hydrogen (secondary N) is 1. The molecule has 2 aromatic carbocycles. The molecule has 26 heavy (non-hydrogen) atoms. The zero-order chi connectivity index (χ0) is 18.5. The molecule has 0 saturated heterocycles. The summed E-state index contributed by atoms with van der Waals surface area (Å²) in [6.45, 7) is 13.6. The molecule has 0 amide bonds. The molecule has 124 valence electrons. The number of hydrogen-bond donors (Lipinski definition) is 1. The second-order valence-electron chi connectivity index (χ2n) is 5.02. The number of H-pyrrole nitrogens is 1. The third-order valence-corrected chi connectivity index (χ3v) is 3.75. The van der Waals surface area contributed by atoms with Crippen LogP contribution in [0.25, 0.3) is 31.5 Å². The van der Waals surface area contributed by atoms with Crippen molar-refractivity contribution in [2.45, 2.75) is 0 Å². The van der Waals surface area contributed by atoms with Gasteiger partial charge in [0.15, 0.2) is 11.4 Å². The first-order chi connectivity index (χ1) is 12.6. The molecule has 0 aliphatic rings. The smallest absolute Gasteiger partial charge is 0.257 e. The van der Waals surface area contributed by atoms with Gasteiger partial charge in [-0.2, -0.15) is 0 Å². The molecule has 0 unspecified atom stereocenters. The first-order valence-electron chi connectivity index (χ1n) is 7.25. The molecule has 4 rings (SSSR count). The van der Waals surface area contributed by atoms with Gasteiger partial charge in [-0.25, -0.2) is 24.6 Å². The minimum Gasteiger partial charge on any atom is -0.313 e. The molecule has 0 bridgehead atoms. The number of benzene rings is 2. The van der Waals surface area contributed by atoms with Crippen molar-refractivity contribution >= 4 is 44.8 Å². The third-order valence-electron chi connectivity index (χ3n) is 3.45. The van der Waals surface area contributed by atoms with Gasteiger partial charge in [-0.05, 0) is 24.3 Å². The fourth-order valence-corrected chi connectivity index (χ4v) is 2.40. The van der Waals surface area contributed by atoms with Crippen LogP contribution in [0.2, 0.25) is 5.15 Å². The van der Waals surface area contributed by atoms with Crippen LogP contribution in [0.1, 0.15) is 0 Å². The van der Waals surface area contributed by atoms with E-state index in [1.165, 1.54) is 18.7 Å². The quantitative estimate of drug-likeness (QED) is 0.374. The van der Waals surface area contributed by atoms with E-state index in [0.717, 1.165) is 10.9 Å². The van der Waals surface area contributed by atoms with Gasteiger partial charge < -0.3 is 4.98 Å². The number of aromatic nitrogens is 4. The zero-order valence-electron chi connectivity index (χ0n) is 13.1. The van der Waals surface area contributed by atoms with E-state index in [1.54, 1.807) is 30.3 Å². The molecular formula is C18H9ClN6O. The molecule has 7 nitrogen and oxygen atoms in total. The predicted octanol–water partition coefficient (Wildman–Crippen LogP) is 4.31. The number of fused-ring (bicyclic) bond motifs is 2. The monoisotopic (exact) mass is 360 g/mol. The summed E-state index contributed by atoms with van der Waals surface area (Å²) in [5.74, 6) is 0. The van der Waals surface area contributed by atoms with E-state index in [0.29, 0.717) is 27.4 Å². The number of nitrogens with zero attached hydrogens (tertiary/aromatic N) is 5. The largest absolute Gasteiger partial charge is 0.313 e. The second-order valence-corrected chi connectivity index (χ2v) is 5.38. The normalized spacial score (nSPS) is 9.81. The maximum absolute atomic E-state index is 11.2. The SMILES string of the molecule is [C-]#[N+]c1ccc2nc[nH]c(=O)c2c1.[C-]#[N+]c1ccc2ncnc(Cl)c2c1. The summed E-state index contributed by atoms with van der Waals surface area (Å²) < 4.78 is 0. The maximum Gasteiger partial charge on any atom is 0.257 e. The van der Waals surface area contributed by atoms with Gasteiger partial charge in [0.1, 0.15) is 11.5 Å². The van der Waals surface area contributed by atoms with Crippen LogP contribution in [0, 0.1) is 13.1 Å². The summed E-state index contributed by atoms with van der Waals surface area (Å²) in [7, 11) is 0. The average Bonchev–Trinajstić information content (AvgIpc) is 2.69. The minimum atomic E-state index is -0.212. The van der Waals surface area contributed by atoms with E-state index < -0.39 is 0 Å². The molecule has 0 spiro atoms. The lowest BCUT2D eigenvalue weighted by Gasteiger charge is -1.97. The van der Waals surface area contributed by atoms with Crippen molar-refractivity contribution < 1.29 is 0 Å². The van der Waals surface area contributed by atoms with Crippen LogP contribution in [-0.4, -0.2) is 19.9 Å². The molecule has 4 aromatic rings. The molecule has 0 aliphatic heterocycles. The standard InChI is InChI=1S/C9H4ClN3.C9H5N3O/c1-11-6-2-3-8-7(4-6)9(10)13-5-12-8;1-10-6-2-3-8-7(4-6)9(13)12-5-11-8/h2-5H;2-5H,(H,11,12,13). The molecule has 0 atom stereocenters. The summed E-state index contributed by atoms with van der Waals surface area (Å²) in [4.78, 5) is 32.0. The number of hydrogen-bond acceptors (Lipinski definition) is 4. The van der Waals surface area contributed by atoms with Crippen molar-refractivity contribution in [1.29, 1.82) is 0 Å². The molecule has 0 radical (unpaired) electrons. The molecule has 1 N–H and O–H groups in total. The van der Waals surface area contributed by atoms with E-state index >= 15 is 0 Å². The number of aromatic amines is 1. The zero-order valence-corrected chi connectivity index (χ0v) is 13.9. The van der Waals surface area contributed by atoms with Gasteiger partial charge in [0.05, 0.1) is 35.9 Å². The van der Waals surface area contributed by atoms with Gasteiger partial charge in [0, 0.05) is 5.39 Å². The molecule has 2 heterocycles. The molecule has 0 aliphatic carbocycles. The Balaban J connectivity index is 0.000000151. The minimum absolute atomic E-state index is 0.212. The van der Waals surface area contributed by atoms with Crippen molar-refractivity contribution in [3.63, 3.8) is 0 Å². The summed E-state index contributed by atoms with van der Waals surface area (Å²) in [5.41, 5.74) is 2.15. The van der Waals surface area contributed by atoms with Crippen molar-refractivity contribution in [3.8, 4) is 0 Å². The topological polar surface area (TPSA) is 80.2 Å².